The van der Waals surface area contributed by atoms with Crippen molar-refractivity contribution in [1.29, 1.82) is 0 Å². The lowest BCUT2D eigenvalue weighted by Gasteiger charge is -2.34. The molecule has 0 aliphatic heterocycles. The van der Waals surface area contributed by atoms with Gasteiger partial charge in [-0.2, -0.15) is 0 Å². The molecule has 4 rings (SSSR count). The molecular formula is C34H34Cl2FN3O6S. The van der Waals surface area contributed by atoms with Crippen molar-refractivity contribution >= 4 is 50.7 Å². The van der Waals surface area contributed by atoms with Crippen LogP contribution in [0.25, 0.3) is 0 Å². The standard InChI is InChI=1S/C34H34Cl2FN3O6S/c1-4-38-34(42)30(19-23-9-6-5-7-10-23)39(21-27-28(35)11-8-12-29(27)36)33(41)22-40(25-15-13-24(37)14-16-25)47(43,44)26-17-18-31(45-2)32(20-26)46-3/h5-18,20,30H,4,19,21-22H2,1-3H3,(H,38,42)/t30-/m0/s1. The third-order valence-corrected chi connectivity index (χ3v) is 9.83. The smallest absolute Gasteiger partial charge is 0.264 e. The van der Waals surface area contributed by atoms with E-state index in [1.165, 1.54) is 49.5 Å². The fraction of sp³-hybridized carbons (Fsp3) is 0.235. The number of rotatable bonds is 14. The fourth-order valence-electron chi connectivity index (χ4n) is 4.94. The lowest BCUT2D eigenvalue weighted by molar-refractivity contribution is -0.140. The van der Waals surface area contributed by atoms with E-state index in [1.807, 2.05) is 30.3 Å². The number of amides is 2. The largest absolute Gasteiger partial charge is 0.493 e. The Balaban J connectivity index is 1.85. The van der Waals surface area contributed by atoms with Crippen LogP contribution in [0, 0.1) is 5.82 Å². The van der Waals surface area contributed by atoms with E-state index in [0.717, 1.165) is 22.0 Å². The topological polar surface area (TPSA) is 105 Å². The minimum Gasteiger partial charge on any atom is -0.493 e. The molecule has 248 valence electrons. The van der Waals surface area contributed by atoms with E-state index in [9.17, 15) is 22.4 Å². The predicted molar refractivity (Wildman–Crippen MR) is 180 cm³/mol. The molecule has 13 heteroatoms. The van der Waals surface area contributed by atoms with Crippen LogP contribution >= 0.6 is 23.2 Å². The molecule has 0 heterocycles. The number of sulfonamides is 1. The molecule has 0 fully saturated rings. The summed E-state index contributed by atoms with van der Waals surface area (Å²) in [6, 6.07) is 21.6. The zero-order valence-corrected chi connectivity index (χ0v) is 28.3. The molecule has 0 spiro atoms. The van der Waals surface area contributed by atoms with Gasteiger partial charge in [0.1, 0.15) is 18.4 Å². The molecule has 1 N–H and O–H groups in total. The van der Waals surface area contributed by atoms with Gasteiger partial charge in [-0.05, 0) is 61.0 Å². The maximum absolute atomic E-state index is 14.5. The molecule has 0 bridgehead atoms. The van der Waals surface area contributed by atoms with Crippen molar-refractivity contribution in [3.05, 3.63) is 118 Å². The van der Waals surface area contributed by atoms with Crippen molar-refractivity contribution in [1.82, 2.24) is 10.2 Å². The van der Waals surface area contributed by atoms with Crippen LogP contribution in [0.4, 0.5) is 10.1 Å². The molecule has 47 heavy (non-hydrogen) atoms. The van der Waals surface area contributed by atoms with E-state index in [1.54, 1.807) is 25.1 Å². The number of carbonyl (C=O) groups excluding carboxylic acids is 2. The maximum atomic E-state index is 14.5. The zero-order valence-electron chi connectivity index (χ0n) is 26.0. The lowest BCUT2D eigenvalue weighted by Crippen LogP contribution is -2.53. The van der Waals surface area contributed by atoms with Crippen LogP contribution in [-0.4, -0.2) is 58.5 Å². The van der Waals surface area contributed by atoms with Gasteiger partial charge in [-0.3, -0.25) is 13.9 Å². The Labute approximate surface area is 283 Å². The quantitative estimate of drug-likeness (QED) is 0.170. The van der Waals surface area contributed by atoms with Crippen molar-refractivity contribution in [2.45, 2.75) is 30.8 Å². The number of hydrogen-bond acceptors (Lipinski definition) is 6. The summed E-state index contributed by atoms with van der Waals surface area (Å²) in [7, 11) is -1.71. The Bertz CT molecular complexity index is 1790. The molecule has 4 aromatic rings. The number of carbonyl (C=O) groups is 2. The van der Waals surface area contributed by atoms with Crippen molar-refractivity contribution in [2.75, 3.05) is 31.6 Å². The van der Waals surface area contributed by atoms with Gasteiger partial charge in [0.2, 0.25) is 11.8 Å². The number of nitrogens with one attached hydrogen (secondary N) is 1. The molecule has 2 amide bonds. The van der Waals surface area contributed by atoms with Gasteiger partial charge in [-0.15, -0.1) is 0 Å². The average Bonchev–Trinajstić information content (AvgIpc) is 3.06. The van der Waals surface area contributed by atoms with Crippen LogP contribution in [0.15, 0.2) is 95.9 Å². The van der Waals surface area contributed by atoms with Crippen LogP contribution in [-0.2, 0) is 32.6 Å². The third kappa shape index (κ3) is 8.54. The SMILES string of the molecule is CCNC(=O)[C@H](Cc1ccccc1)N(Cc1c(Cl)cccc1Cl)C(=O)CN(c1ccc(F)cc1)S(=O)(=O)c1ccc(OC)c(OC)c1. The molecule has 0 unspecified atom stereocenters. The first kappa shape index (κ1) is 35.5. The molecule has 0 aromatic heterocycles. The summed E-state index contributed by atoms with van der Waals surface area (Å²) in [5.74, 6) is -1.35. The number of hydrogen-bond donors (Lipinski definition) is 1. The Morgan fingerprint density at radius 3 is 2.11 bits per heavy atom. The highest BCUT2D eigenvalue weighted by atomic mass is 35.5. The molecule has 0 saturated heterocycles. The van der Waals surface area contributed by atoms with Crippen molar-refractivity contribution in [3.8, 4) is 11.5 Å². The maximum Gasteiger partial charge on any atom is 0.264 e. The van der Waals surface area contributed by atoms with Crippen molar-refractivity contribution < 1.29 is 31.9 Å². The minimum absolute atomic E-state index is 0.0166. The first-order chi connectivity index (χ1) is 22.5. The summed E-state index contributed by atoms with van der Waals surface area (Å²) in [5, 5.41) is 3.31. The second-order valence-corrected chi connectivity index (χ2v) is 13.0. The van der Waals surface area contributed by atoms with E-state index < -0.39 is 40.2 Å². The third-order valence-electron chi connectivity index (χ3n) is 7.35. The number of benzene rings is 4. The van der Waals surface area contributed by atoms with Gasteiger partial charge < -0.3 is 19.7 Å². The molecule has 1 atom stereocenters. The first-order valence-electron chi connectivity index (χ1n) is 14.5. The van der Waals surface area contributed by atoms with E-state index in [4.69, 9.17) is 32.7 Å². The van der Waals surface area contributed by atoms with Gasteiger partial charge in [-0.25, -0.2) is 12.8 Å². The predicted octanol–water partition coefficient (Wildman–Crippen LogP) is 6.12. The van der Waals surface area contributed by atoms with Crippen LogP contribution in [0.3, 0.4) is 0 Å². The second-order valence-electron chi connectivity index (χ2n) is 10.3. The number of likely N-dealkylation sites (N-methyl/N-ethyl adjacent to an activating group) is 1. The van der Waals surface area contributed by atoms with E-state index >= 15 is 0 Å². The summed E-state index contributed by atoms with van der Waals surface area (Å²) >= 11 is 13.0. The lowest BCUT2D eigenvalue weighted by atomic mass is 10.0. The summed E-state index contributed by atoms with van der Waals surface area (Å²) in [6.45, 7) is 1.07. The number of ether oxygens (including phenoxy) is 2. The van der Waals surface area contributed by atoms with Gasteiger partial charge in [-0.1, -0.05) is 59.6 Å². The van der Waals surface area contributed by atoms with Gasteiger partial charge in [0, 0.05) is 41.2 Å². The number of methoxy groups -OCH3 is 2. The Hall–Kier alpha value is -4.32. The van der Waals surface area contributed by atoms with Crippen LogP contribution in [0.2, 0.25) is 10.0 Å². The van der Waals surface area contributed by atoms with Crippen LogP contribution in [0.5, 0.6) is 11.5 Å². The van der Waals surface area contributed by atoms with Crippen molar-refractivity contribution in [3.63, 3.8) is 0 Å². The molecule has 4 aromatic carbocycles. The van der Waals surface area contributed by atoms with Gasteiger partial charge in [0.05, 0.1) is 24.8 Å². The molecule has 0 radical (unpaired) electrons. The number of anilines is 1. The molecular weight excluding hydrogens is 668 g/mol. The highest BCUT2D eigenvalue weighted by Gasteiger charge is 2.35. The second kappa shape index (κ2) is 16.0. The van der Waals surface area contributed by atoms with Gasteiger partial charge in [0.15, 0.2) is 11.5 Å². The number of halogens is 3. The highest BCUT2D eigenvalue weighted by molar-refractivity contribution is 7.92. The molecule has 0 aliphatic rings. The van der Waals surface area contributed by atoms with Gasteiger partial charge >= 0.3 is 0 Å². The summed E-state index contributed by atoms with van der Waals surface area (Å²) < 4.78 is 53.9. The highest BCUT2D eigenvalue weighted by Crippen LogP contribution is 2.33. The van der Waals surface area contributed by atoms with Crippen LogP contribution < -0.4 is 19.1 Å². The molecule has 0 saturated carbocycles. The van der Waals surface area contributed by atoms with E-state index in [0.29, 0.717) is 11.3 Å². The van der Waals surface area contributed by atoms with Crippen molar-refractivity contribution in [2.24, 2.45) is 0 Å². The Morgan fingerprint density at radius 2 is 1.51 bits per heavy atom. The molecule has 0 aliphatic carbocycles. The van der Waals surface area contributed by atoms with E-state index in [-0.39, 0.29) is 45.9 Å². The Morgan fingerprint density at radius 1 is 0.872 bits per heavy atom. The zero-order chi connectivity index (χ0) is 34.1. The molecule has 9 nitrogen and oxygen atoms in total. The average molecular weight is 703 g/mol. The fourth-order valence-corrected chi connectivity index (χ4v) is 6.89. The van der Waals surface area contributed by atoms with E-state index in [2.05, 4.69) is 5.32 Å². The summed E-state index contributed by atoms with van der Waals surface area (Å²) in [5.41, 5.74) is 1.16. The summed E-state index contributed by atoms with van der Waals surface area (Å²) in [6.07, 6.45) is 0.111. The Kier molecular flexibility index (Phi) is 12.1. The van der Waals surface area contributed by atoms with Crippen LogP contribution in [0.1, 0.15) is 18.1 Å². The summed E-state index contributed by atoms with van der Waals surface area (Å²) in [4.78, 5) is 29.2. The first-order valence-corrected chi connectivity index (χ1v) is 16.7. The minimum atomic E-state index is -4.48. The number of nitrogens with zero attached hydrogens (tertiary/aromatic N) is 2. The monoisotopic (exact) mass is 701 g/mol. The normalized spacial score (nSPS) is 11.8. The van der Waals surface area contributed by atoms with Gasteiger partial charge in [0.25, 0.3) is 10.0 Å².